The summed E-state index contributed by atoms with van der Waals surface area (Å²) in [5.41, 5.74) is 4.21. The van der Waals surface area contributed by atoms with E-state index in [0.29, 0.717) is 0 Å². The van der Waals surface area contributed by atoms with Crippen molar-refractivity contribution < 1.29 is 8.78 Å². The molecule has 0 aliphatic heterocycles. The summed E-state index contributed by atoms with van der Waals surface area (Å²) in [4.78, 5) is 4.45. The van der Waals surface area contributed by atoms with Crippen molar-refractivity contribution in [3.63, 3.8) is 0 Å². The average molecular weight is 279 g/mol. The highest BCUT2D eigenvalue weighted by Gasteiger charge is 2.13. The Labute approximate surface area is 112 Å². The highest BCUT2D eigenvalue weighted by atomic mass is 32.1. The fraction of sp³-hybridized carbons (Fsp3) is 0.231. The van der Waals surface area contributed by atoms with Crippen LogP contribution in [-0.2, 0) is 7.05 Å². The van der Waals surface area contributed by atoms with Gasteiger partial charge in [0.15, 0.2) is 0 Å². The van der Waals surface area contributed by atoms with Gasteiger partial charge in [0.2, 0.25) is 0 Å². The monoisotopic (exact) mass is 279 g/mol. The maximum Gasteiger partial charge on any atom is 0.272 e. The molecule has 3 rings (SSSR count). The first kappa shape index (κ1) is 12.2. The highest BCUT2D eigenvalue weighted by molar-refractivity contribution is 7.10. The largest absolute Gasteiger partial charge is 0.272 e. The molecule has 0 atom stereocenters. The number of alkyl halides is 2. The van der Waals surface area contributed by atoms with Crippen LogP contribution >= 0.6 is 11.3 Å². The molecule has 3 aromatic rings. The number of aromatic nitrogens is 3. The van der Waals surface area contributed by atoms with Crippen molar-refractivity contribution in [3.8, 4) is 11.1 Å². The van der Waals surface area contributed by atoms with E-state index in [-0.39, 0.29) is 4.88 Å². The first-order valence-electron chi connectivity index (χ1n) is 5.72. The number of aryl methyl sites for hydroxylation is 2. The molecule has 0 bridgehead atoms. The standard InChI is InChI=1S/C13H11F2N3S/c1-7-12-10(18(2)17-7)3-8(5-16-12)9-4-11(13(14)15)19-6-9/h3-6,13H,1-2H3. The zero-order chi connectivity index (χ0) is 13.6. The van der Waals surface area contributed by atoms with Crippen LogP contribution in [0.2, 0.25) is 0 Å². The zero-order valence-corrected chi connectivity index (χ0v) is 11.2. The smallest absolute Gasteiger partial charge is 0.266 e. The highest BCUT2D eigenvalue weighted by Crippen LogP contribution is 2.32. The van der Waals surface area contributed by atoms with Crippen LogP contribution in [0.25, 0.3) is 22.2 Å². The van der Waals surface area contributed by atoms with E-state index in [4.69, 9.17) is 0 Å². The molecule has 3 aromatic heterocycles. The minimum atomic E-state index is -2.42. The molecule has 98 valence electrons. The number of pyridine rings is 1. The summed E-state index contributed by atoms with van der Waals surface area (Å²) in [5, 5.41) is 6.02. The molecule has 6 heteroatoms. The maximum absolute atomic E-state index is 12.6. The molecule has 0 saturated heterocycles. The van der Waals surface area contributed by atoms with E-state index in [1.165, 1.54) is 6.07 Å². The molecule has 0 fully saturated rings. The van der Waals surface area contributed by atoms with Gasteiger partial charge in [-0.15, -0.1) is 11.3 Å². The number of halogens is 2. The lowest BCUT2D eigenvalue weighted by Gasteiger charge is -1.99. The summed E-state index contributed by atoms with van der Waals surface area (Å²) in [6.45, 7) is 1.90. The number of hydrogen-bond acceptors (Lipinski definition) is 3. The normalized spacial score (nSPS) is 11.6. The summed E-state index contributed by atoms with van der Waals surface area (Å²) in [6, 6.07) is 3.45. The van der Waals surface area contributed by atoms with Crippen LogP contribution in [0.1, 0.15) is 17.0 Å². The Bertz CT molecular complexity index is 746. The van der Waals surface area contributed by atoms with Crippen molar-refractivity contribution in [3.05, 3.63) is 34.3 Å². The lowest BCUT2D eigenvalue weighted by molar-refractivity contribution is 0.155. The molecule has 0 spiro atoms. The topological polar surface area (TPSA) is 30.7 Å². The van der Waals surface area contributed by atoms with Crippen molar-refractivity contribution in [1.82, 2.24) is 14.8 Å². The van der Waals surface area contributed by atoms with Gasteiger partial charge in [-0.05, 0) is 30.0 Å². The van der Waals surface area contributed by atoms with Crippen molar-refractivity contribution in [1.29, 1.82) is 0 Å². The number of thiophene rings is 1. The third-order valence-corrected chi connectivity index (χ3v) is 3.97. The number of fused-ring (bicyclic) bond motifs is 1. The van der Waals surface area contributed by atoms with Gasteiger partial charge in [0.25, 0.3) is 6.43 Å². The van der Waals surface area contributed by atoms with Gasteiger partial charge in [0.05, 0.1) is 16.1 Å². The van der Waals surface area contributed by atoms with E-state index < -0.39 is 6.43 Å². The van der Waals surface area contributed by atoms with E-state index in [1.54, 1.807) is 16.3 Å². The summed E-state index contributed by atoms with van der Waals surface area (Å²) < 4.78 is 26.9. The van der Waals surface area contributed by atoms with Gasteiger partial charge in [-0.25, -0.2) is 8.78 Å². The molecule has 0 aromatic carbocycles. The molecule has 19 heavy (non-hydrogen) atoms. The van der Waals surface area contributed by atoms with E-state index in [9.17, 15) is 8.78 Å². The van der Waals surface area contributed by atoms with Crippen molar-refractivity contribution in [2.75, 3.05) is 0 Å². The van der Waals surface area contributed by atoms with Gasteiger partial charge in [-0.1, -0.05) is 0 Å². The number of hydrogen-bond donors (Lipinski definition) is 0. The Morgan fingerprint density at radius 1 is 1.26 bits per heavy atom. The fourth-order valence-corrected chi connectivity index (χ4v) is 2.85. The van der Waals surface area contributed by atoms with Crippen molar-refractivity contribution in [2.24, 2.45) is 7.05 Å². The van der Waals surface area contributed by atoms with Crippen LogP contribution in [0.3, 0.4) is 0 Å². The molecule has 3 heterocycles. The Morgan fingerprint density at radius 2 is 2.05 bits per heavy atom. The molecule has 0 N–H and O–H groups in total. The number of rotatable bonds is 2. The third kappa shape index (κ3) is 2.02. The second kappa shape index (κ2) is 4.38. The first-order chi connectivity index (χ1) is 9.06. The molecular formula is C13H11F2N3S. The van der Waals surface area contributed by atoms with E-state index in [1.807, 2.05) is 20.0 Å². The van der Waals surface area contributed by atoms with Gasteiger partial charge in [0, 0.05) is 18.8 Å². The lowest BCUT2D eigenvalue weighted by atomic mass is 10.1. The Morgan fingerprint density at radius 3 is 2.74 bits per heavy atom. The van der Waals surface area contributed by atoms with Gasteiger partial charge in [-0.2, -0.15) is 5.10 Å². The van der Waals surface area contributed by atoms with Gasteiger partial charge in [-0.3, -0.25) is 9.67 Å². The minimum Gasteiger partial charge on any atom is -0.266 e. The van der Waals surface area contributed by atoms with Gasteiger partial charge in [0.1, 0.15) is 5.52 Å². The minimum absolute atomic E-state index is 0.0799. The molecular weight excluding hydrogens is 268 g/mol. The first-order valence-corrected chi connectivity index (χ1v) is 6.60. The van der Waals surface area contributed by atoms with Crippen molar-refractivity contribution in [2.45, 2.75) is 13.3 Å². The van der Waals surface area contributed by atoms with E-state index in [0.717, 1.165) is 39.2 Å². The summed E-state index contributed by atoms with van der Waals surface area (Å²) >= 11 is 1.07. The van der Waals surface area contributed by atoms with Gasteiger partial charge < -0.3 is 0 Å². The quantitative estimate of drug-likeness (QED) is 0.711. The zero-order valence-electron chi connectivity index (χ0n) is 10.4. The fourth-order valence-electron chi connectivity index (χ4n) is 2.08. The molecule has 0 aliphatic carbocycles. The second-order valence-electron chi connectivity index (χ2n) is 4.34. The second-order valence-corrected chi connectivity index (χ2v) is 5.28. The average Bonchev–Trinajstić information content (AvgIpc) is 2.96. The Hall–Kier alpha value is -1.82. The predicted molar refractivity (Wildman–Crippen MR) is 71.5 cm³/mol. The summed E-state index contributed by atoms with van der Waals surface area (Å²) in [5.74, 6) is 0. The molecule has 3 nitrogen and oxygen atoms in total. The molecule has 0 aliphatic rings. The van der Waals surface area contributed by atoms with Crippen LogP contribution < -0.4 is 0 Å². The van der Waals surface area contributed by atoms with E-state index >= 15 is 0 Å². The van der Waals surface area contributed by atoms with Crippen LogP contribution in [0.4, 0.5) is 8.78 Å². The summed E-state index contributed by atoms with van der Waals surface area (Å²) in [6.07, 6.45) is -0.719. The van der Waals surface area contributed by atoms with Crippen LogP contribution in [0.15, 0.2) is 23.7 Å². The number of nitrogens with zero attached hydrogens (tertiary/aromatic N) is 3. The Balaban J connectivity index is 2.11. The lowest BCUT2D eigenvalue weighted by Crippen LogP contribution is -1.90. The summed E-state index contributed by atoms with van der Waals surface area (Å²) in [7, 11) is 1.85. The molecule has 0 radical (unpaired) electrons. The maximum atomic E-state index is 12.6. The van der Waals surface area contributed by atoms with Crippen LogP contribution in [0.5, 0.6) is 0 Å². The van der Waals surface area contributed by atoms with Crippen molar-refractivity contribution >= 4 is 22.4 Å². The molecule has 0 unspecified atom stereocenters. The predicted octanol–water partition coefficient (Wildman–Crippen LogP) is 3.94. The van der Waals surface area contributed by atoms with Crippen LogP contribution in [-0.4, -0.2) is 14.8 Å². The molecule has 0 amide bonds. The van der Waals surface area contributed by atoms with Gasteiger partial charge >= 0.3 is 0 Å². The SMILES string of the molecule is Cc1nn(C)c2cc(-c3csc(C(F)F)c3)cnc12. The Kier molecular flexibility index (Phi) is 2.82. The molecule has 0 saturated carbocycles. The van der Waals surface area contributed by atoms with E-state index in [2.05, 4.69) is 10.1 Å². The third-order valence-electron chi connectivity index (χ3n) is 3.03. The van der Waals surface area contributed by atoms with Crippen LogP contribution in [0, 0.1) is 6.92 Å².